The van der Waals surface area contributed by atoms with Gasteiger partial charge in [-0.15, -0.1) is 5.10 Å². The number of hydrogen-bond donors (Lipinski definition) is 1. The fourth-order valence-electron chi connectivity index (χ4n) is 5.03. The molecule has 0 spiro atoms. The summed E-state index contributed by atoms with van der Waals surface area (Å²) >= 11 is 0. The zero-order valence-electron chi connectivity index (χ0n) is 21.9. The number of rotatable bonds is 7. The number of halogens is 1. The summed E-state index contributed by atoms with van der Waals surface area (Å²) in [6.45, 7) is 11.3. The number of aryl methyl sites for hydroxylation is 1. The lowest BCUT2D eigenvalue weighted by Gasteiger charge is -2.40. The standard InChI is InChI=1S/C28H34FN7O/c1-5-19-7-12-24-20(17-19)18-23(27(37)30-24)25(26-31-32-33-36(26)28(3,4)6-2)35-15-13-34(14-16-35)22-10-8-21(29)9-11-22/h7-12,17-18,25H,5-6,13-16H2,1-4H3,(H,30,37)/t25-/m1/s1. The molecule has 0 bridgehead atoms. The van der Waals surface area contributed by atoms with E-state index in [2.05, 4.69) is 70.1 Å². The minimum absolute atomic E-state index is 0.133. The first-order valence-corrected chi connectivity index (χ1v) is 13.0. The summed E-state index contributed by atoms with van der Waals surface area (Å²) < 4.78 is 15.3. The molecular weight excluding hydrogens is 469 g/mol. The van der Waals surface area contributed by atoms with Crippen molar-refractivity contribution in [3.8, 4) is 0 Å². The lowest BCUT2D eigenvalue weighted by Crippen LogP contribution is -2.49. The van der Waals surface area contributed by atoms with Gasteiger partial charge in [-0.2, -0.15) is 0 Å². The van der Waals surface area contributed by atoms with Crippen LogP contribution in [-0.2, 0) is 12.0 Å². The van der Waals surface area contributed by atoms with Crippen molar-refractivity contribution in [1.29, 1.82) is 0 Å². The van der Waals surface area contributed by atoms with Gasteiger partial charge in [0.2, 0.25) is 0 Å². The first-order chi connectivity index (χ1) is 17.8. The number of benzene rings is 2. The van der Waals surface area contributed by atoms with Gasteiger partial charge in [0.05, 0.1) is 5.54 Å². The van der Waals surface area contributed by atoms with E-state index in [1.54, 1.807) is 0 Å². The number of nitrogens with zero attached hydrogens (tertiary/aromatic N) is 6. The van der Waals surface area contributed by atoms with E-state index < -0.39 is 6.04 Å². The van der Waals surface area contributed by atoms with Gasteiger partial charge in [0.15, 0.2) is 5.82 Å². The van der Waals surface area contributed by atoms with Gasteiger partial charge in [0, 0.05) is 42.9 Å². The van der Waals surface area contributed by atoms with E-state index in [9.17, 15) is 9.18 Å². The average molecular weight is 504 g/mol. The Balaban J connectivity index is 1.56. The fraction of sp³-hybridized carbons (Fsp3) is 0.429. The SMILES string of the molecule is CCc1ccc2[nH]c(=O)c([C@H](c3nnnn3C(C)(C)CC)N3CCN(c4ccc(F)cc4)CC3)cc2c1. The zero-order chi connectivity index (χ0) is 26.2. The fourth-order valence-corrected chi connectivity index (χ4v) is 5.03. The molecule has 8 nitrogen and oxygen atoms in total. The van der Waals surface area contributed by atoms with Crippen LogP contribution in [0, 0.1) is 5.82 Å². The second-order valence-electron chi connectivity index (χ2n) is 10.3. The molecule has 0 aliphatic carbocycles. The lowest BCUT2D eigenvalue weighted by molar-refractivity contribution is 0.186. The summed E-state index contributed by atoms with van der Waals surface area (Å²) in [5, 5.41) is 13.9. The molecule has 194 valence electrons. The van der Waals surface area contributed by atoms with Gasteiger partial charge in [0.1, 0.15) is 11.9 Å². The number of aromatic nitrogens is 5. The van der Waals surface area contributed by atoms with Crippen LogP contribution in [0.2, 0.25) is 0 Å². The summed E-state index contributed by atoms with van der Waals surface area (Å²) in [7, 11) is 0. The number of nitrogens with one attached hydrogen (secondary N) is 1. The maximum Gasteiger partial charge on any atom is 0.253 e. The molecule has 1 aliphatic heterocycles. The molecule has 4 aromatic rings. The summed E-state index contributed by atoms with van der Waals surface area (Å²) in [5.41, 5.74) is 3.22. The molecule has 0 unspecified atom stereocenters. The zero-order valence-corrected chi connectivity index (χ0v) is 21.9. The van der Waals surface area contributed by atoms with Gasteiger partial charge in [0.25, 0.3) is 5.56 Å². The molecule has 1 N–H and O–H groups in total. The third kappa shape index (κ3) is 4.87. The van der Waals surface area contributed by atoms with Crippen molar-refractivity contribution < 1.29 is 4.39 Å². The number of piperazine rings is 1. The Kier molecular flexibility index (Phi) is 6.81. The molecule has 37 heavy (non-hydrogen) atoms. The number of hydrogen-bond acceptors (Lipinski definition) is 6. The Morgan fingerprint density at radius 3 is 2.43 bits per heavy atom. The molecule has 1 aliphatic rings. The Labute approximate surface area is 216 Å². The number of tetrazole rings is 1. The van der Waals surface area contributed by atoms with E-state index in [1.807, 2.05) is 28.9 Å². The van der Waals surface area contributed by atoms with Crippen molar-refractivity contribution in [2.75, 3.05) is 31.1 Å². The highest BCUT2D eigenvalue weighted by atomic mass is 19.1. The van der Waals surface area contributed by atoms with E-state index in [0.29, 0.717) is 24.5 Å². The van der Waals surface area contributed by atoms with Crippen LogP contribution in [0.15, 0.2) is 53.3 Å². The summed E-state index contributed by atoms with van der Waals surface area (Å²) in [6, 6.07) is 14.4. The molecule has 1 atom stereocenters. The van der Waals surface area contributed by atoms with Crippen LogP contribution in [-0.4, -0.2) is 56.3 Å². The molecule has 1 fully saturated rings. The van der Waals surface area contributed by atoms with Gasteiger partial charge in [-0.25, -0.2) is 9.07 Å². The number of fused-ring (bicyclic) bond motifs is 1. The van der Waals surface area contributed by atoms with Crippen molar-refractivity contribution in [2.24, 2.45) is 0 Å². The van der Waals surface area contributed by atoms with Crippen LogP contribution in [0.5, 0.6) is 0 Å². The van der Waals surface area contributed by atoms with E-state index in [0.717, 1.165) is 42.5 Å². The highest BCUT2D eigenvalue weighted by Crippen LogP contribution is 2.32. The second kappa shape index (κ2) is 10.0. The van der Waals surface area contributed by atoms with E-state index in [-0.39, 0.29) is 16.9 Å². The number of aromatic amines is 1. The predicted octanol–water partition coefficient (Wildman–Crippen LogP) is 4.27. The van der Waals surface area contributed by atoms with Gasteiger partial charge in [-0.1, -0.05) is 19.9 Å². The molecule has 2 aromatic heterocycles. The quantitative estimate of drug-likeness (QED) is 0.406. The largest absolute Gasteiger partial charge is 0.369 e. The summed E-state index contributed by atoms with van der Waals surface area (Å²) in [6.07, 6.45) is 1.76. The van der Waals surface area contributed by atoms with Crippen molar-refractivity contribution in [2.45, 2.75) is 52.1 Å². The van der Waals surface area contributed by atoms with Crippen LogP contribution in [0.4, 0.5) is 10.1 Å². The van der Waals surface area contributed by atoms with Crippen LogP contribution >= 0.6 is 0 Å². The molecular formula is C28H34FN7O. The molecule has 9 heteroatoms. The van der Waals surface area contributed by atoms with Gasteiger partial charge >= 0.3 is 0 Å². The molecule has 0 radical (unpaired) electrons. The van der Waals surface area contributed by atoms with Gasteiger partial charge < -0.3 is 9.88 Å². The molecule has 0 saturated carbocycles. The second-order valence-corrected chi connectivity index (χ2v) is 10.3. The molecule has 1 saturated heterocycles. The first-order valence-electron chi connectivity index (χ1n) is 13.0. The normalized spacial score (nSPS) is 15.9. The first kappa shape index (κ1) is 25.1. The Morgan fingerprint density at radius 2 is 1.76 bits per heavy atom. The number of anilines is 1. The maximum absolute atomic E-state index is 13.5. The van der Waals surface area contributed by atoms with E-state index >= 15 is 0 Å². The Morgan fingerprint density at radius 1 is 1.03 bits per heavy atom. The highest BCUT2D eigenvalue weighted by Gasteiger charge is 2.35. The van der Waals surface area contributed by atoms with Crippen molar-refractivity contribution >= 4 is 16.6 Å². The van der Waals surface area contributed by atoms with Crippen LogP contribution in [0.3, 0.4) is 0 Å². The predicted molar refractivity (Wildman–Crippen MR) is 143 cm³/mol. The number of pyridine rings is 1. The summed E-state index contributed by atoms with van der Waals surface area (Å²) in [5.74, 6) is 0.424. The third-order valence-corrected chi connectivity index (χ3v) is 7.69. The number of H-pyrrole nitrogens is 1. The Hall–Kier alpha value is -3.59. The maximum atomic E-state index is 13.5. The van der Waals surface area contributed by atoms with Crippen molar-refractivity contribution in [1.82, 2.24) is 30.1 Å². The minimum Gasteiger partial charge on any atom is -0.369 e. The van der Waals surface area contributed by atoms with Crippen LogP contribution in [0.25, 0.3) is 10.9 Å². The monoisotopic (exact) mass is 503 g/mol. The topological polar surface area (TPSA) is 82.9 Å². The smallest absolute Gasteiger partial charge is 0.253 e. The van der Waals surface area contributed by atoms with E-state index in [4.69, 9.17) is 0 Å². The Bertz CT molecular complexity index is 1440. The van der Waals surface area contributed by atoms with Gasteiger partial charge in [-0.3, -0.25) is 9.69 Å². The molecule has 3 heterocycles. The minimum atomic E-state index is -0.408. The van der Waals surface area contributed by atoms with Gasteiger partial charge in [-0.05, 0) is 90.5 Å². The highest BCUT2D eigenvalue weighted by molar-refractivity contribution is 5.80. The van der Waals surface area contributed by atoms with Crippen LogP contribution < -0.4 is 10.5 Å². The van der Waals surface area contributed by atoms with Crippen molar-refractivity contribution in [3.05, 3.63) is 81.7 Å². The molecule has 0 amide bonds. The third-order valence-electron chi connectivity index (χ3n) is 7.69. The molecule has 5 rings (SSSR count). The molecule has 2 aromatic carbocycles. The average Bonchev–Trinajstić information content (AvgIpc) is 3.40. The lowest BCUT2D eigenvalue weighted by atomic mass is 9.98. The van der Waals surface area contributed by atoms with Crippen LogP contribution in [0.1, 0.15) is 57.1 Å². The van der Waals surface area contributed by atoms with E-state index in [1.165, 1.54) is 17.7 Å². The van der Waals surface area contributed by atoms with Crippen molar-refractivity contribution in [3.63, 3.8) is 0 Å². The summed E-state index contributed by atoms with van der Waals surface area (Å²) in [4.78, 5) is 21.1.